The normalized spacial score (nSPS) is 12.4. The summed E-state index contributed by atoms with van der Waals surface area (Å²) in [6.07, 6.45) is 0. The second kappa shape index (κ2) is 5.58. The molecule has 0 N–H and O–H groups in total. The van der Waals surface area contributed by atoms with Crippen LogP contribution in [-0.2, 0) is 4.74 Å². The van der Waals surface area contributed by atoms with Crippen molar-refractivity contribution in [2.75, 3.05) is 7.11 Å². The smallest absolute Gasteiger partial charge is 0.373 e. The van der Waals surface area contributed by atoms with Gasteiger partial charge in [0, 0.05) is 11.1 Å². The molecule has 0 amide bonds. The SMILES string of the molecule is COC(=O)c1ccc([C@@H](C)Sc2nc(C)cs2)o1. The molecular weight excluding hydrogens is 270 g/mol. The summed E-state index contributed by atoms with van der Waals surface area (Å²) in [5, 5.41) is 2.12. The summed E-state index contributed by atoms with van der Waals surface area (Å²) < 4.78 is 11.1. The van der Waals surface area contributed by atoms with Gasteiger partial charge in [0.2, 0.25) is 5.76 Å². The molecule has 18 heavy (non-hydrogen) atoms. The molecule has 0 aliphatic heterocycles. The lowest BCUT2D eigenvalue weighted by Gasteiger charge is -2.05. The third-order valence-corrected chi connectivity index (χ3v) is 4.50. The van der Waals surface area contributed by atoms with Gasteiger partial charge in [-0.05, 0) is 26.0 Å². The van der Waals surface area contributed by atoms with E-state index in [0.29, 0.717) is 0 Å². The molecule has 2 heterocycles. The van der Waals surface area contributed by atoms with Crippen molar-refractivity contribution in [1.29, 1.82) is 0 Å². The summed E-state index contributed by atoms with van der Waals surface area (Å²) in [5.74, 6) is 0.520. The van der Waals surface area contributed by atoms with Crippen molar-refractivity contribution in [3.8, 4) is 0 Å². The van der Waals surface area contributed by atoms with E-state index in [4.69, 9.17) is 4.42 Å². The number of methoxy groups -OCH3 is 1. The molecule has 96 valence electrons. The number of aryl methyl sites for hydroxylation is 1. The van der Waals surface area contributed by atoms with E-state index >= 15 is 0 Å². The van der Waals surface area contributed by atoms with Crippen molar-refractivity contribution in [2.24, 2.45) is 0 Å². The molecular formula is C12H13NO3S2. The summed E-state index contributed by atoms with van der Waals surface area (Å²) in [7, 11) is 1.33. The van der Waals surface area contributed by atoms with Crippen molar-refractivity contribution >= 4 is 29.1 Å². The van der Waals surface area contributed by atoms with Crippen LogP contribution >= 0.6 is 23.1 Å². The second-order valence-corrected chi connectivity index (χ2v) is 6.15. The van der Waals surface area contributed by atoms with Gasteiger partial charge < -0.3 is 9.15 Å². The third kappa shape index (κ3) is 2.94. The highest BCUT2D eigenvalue weighted by Crippen LogP contribution is 2.37. The van der Waals surface area contributed by atoms with Crippen molar-refractivity contribution < 1.29 is 13.9 Å². The molecule has 0 unspecified atom stereocenters. The first kappa shape index (κ1) is 13.2. The minimum atomic E-state index is -0.455. The van der Waals surface area contributed by atoms with Gasteiger partial charge in [-0.15, -0.1) is 11.3 Å². The maximum atomic E-state index is 11.3. The summed E-state index contributed by atoms with van der Waals surface area (Å²) in [5.41, 5.74) is 1.02. The van der Waals surface area contributed by atoms with E-state index in [1.165, 1.54) is 7.11 Å². The van der Waals surface area contributed by atoms with Gasteiger partial charge in [-0.25, -0.2) is 9.78 Å². The largest absolute Gasteiger partial charge is 0.463 e. The number of esters is 1. The molecule has 0 saturated carbocycles. The number of hydrogen-bond acceptors (Lipinski definition) is 6. The predicted molar refractivity (Wildman–Crippen MR) is 71.2 cm³/mol. The lowest BCUT2D eigenvalue weighted by molar-refractivity contribution is 0.0563. The molecule has 0 aliphatic carbocycles. The number of aromatic nitrogens is 1. The lowest BCUT2D eigenvalue weighted by atomic mass is 10.3. The first-order chi connectivity index (χ1) is 8.60. The zero-order valence-electron chi connectivity index (χ0n) is 10.3. The van der Waals surface area contributed by atoms with Gasteiger partial charge in [0.25, 0.3) is 0 Å². The summed E-state index contributed by atoms with van der Waals surface area (Å²) in [6, 6.07) is 3.43. The number of carbonyl (C=O) groups is 1. The monoisotopic (exact) mass is 283 g/mol. The summed E-state index contributed by atoms with van der Waals surface area (Å²) in [6.45, 7) is 3.98. The number of nitrogens with zero attached hydrogens (tertiary/aromatic N) is 1. The fourth-order valence-corrected chi connectivity index (χ4v) is 3.44. The Morgan fingerprint density at radius 2 is 2.33 bits per heavy atom. The number of ether oxygens (including phenoxy) is 1. The zero-order valence-corrected chi connectivity index (χ0v) is 11.9. The van der Waals surface area contributed by atoms with E-state index in [-0.39, 0.29) is 11.0 Å². The van der Waals surface area contributed by atoms with E-state index in [0.717, 1.165) is 15.8 Å². The standard InChI is InChI=1S/C12H13NO3S2/c1-7-6-17-12(13-7)18-8(2)9-4-5-10(16-9)11(14)15-3/h4-6,8H,1-3H3/t8-/m1/s1. The first-order valence-electron chi connectivity index (χ1n) is 5.37. The fraction of sp³-hybridized carbons (Fsp3) is 0.333. The van der Waals surface area contributed by atoms with E-state index in [9.17, 15) is 4.79 Å². The van der Waals surface area contributed by atoms with E-state index in [1.54, 1.807) is 35.2 Å². The van der Waals surface area contributed by atoms with Gasteiger partial charge in [-0.1, -0.05) is 11.8 Å². The minimum absolute atomic E-state index is 0.106. The Hall–Kier alpha value is -1.27. The third-order valence-electron chi connectivity index (χ3n) is 2.29. The number of carbonyl (C=O) groups excluding carboxylic acids is 1. The van der Waals surface area contributed by atoms with Crippen molar-refractivity contribution in [1.82, 2.24) is 4.98 Å². The number of hydrogen-bond donors (Lipinski definition) is 0. The molecule has 4 nitrogen and oxygen atoms in total. The topological polar surface area (TPSA) is 52.3 Å². The van der Waals surface area contributed by atoms with Crippen LogP contribution in [0, 0.1) is 6.92 Å². The molecule has 1 atom stereocenters. The molecule has 0 radical (unpaired) electrons. The molecule has 2 aromatic heterocycles. The van der Waals surface area contributed by atoms with Crippen molar-refractivity contribution in [3.05, 3.63) is 34.7 Å². The van der Waals surface area contributed by atoms with E-state index in [2.05, 4.69) is 9.72 Å². The van der Waals surface area contributed by atoms with Gasteiger partial charge in [-0.3, -0.25) is 0 Å². The van der Waals surface area contributed by atoms with E-state index < -0.39 is 5.97 Å². The van der Waals surface area contributed by atoms with Crippen LogP contribution < -0.4 is 0 Å². The maximum absolute atomic E-state index is 11.3. The Bertz CT molecular complexity index is 547. The number of furan rings is 1. The van der Waals surface area contributed by atoms with Gasteiger partial charge in [-0.2, -0.15) is 0 Å². The molecule has 0 bridgehead atoms. The number of thioether (sulfide) groups is 1. The predicted octanol–water partition coefficient (Wildman–Crippen LogP) is 3.68. The second-order valence-electron chi connectivity index (χ2n) is 3.71. The van der Waals surface area contributed by atoms with Crippen LogP contribution in [0.25, 0.3) is 0 Å². The molecule has 0 fully saturated rings. The molecule has 2 aromatic rings. The van der Waals surface area contributed by atoms with Gasteiger partial charge in [0.1, 0.15) is 5.76 Å². The zero-order chi connectivity index (χ0) is 13.1. The van der Waals surface area contributed by atoms with Gasteiger partial charge in [0.15, 0.2) is 4.34 Å². The molecule has 0 aromatic carbocycles. The summed E-state index contributed by atoms with van der Waals surface area (Å²) in [4.78, 5) is 15.7. The van der Waals surface area contributed by atoms with Crippen LogP contribution in [0.2, 0.25) is 0 Å². The highest BCUT2D eigenvalue weighted by molar-refractivity contribution is 8.01. The Balaban J connectivity index is 2.07. The molecule has 0 spiro atoms. The van der Waals surface area contributed by atoms with E-state index in [1.807, 2.05) is 19.2 Å². The van der Waals surface area contributed by atoms with Crippen molar-refractivity contribution in [3.63, 3.8) is 0 Å². The number of thiazole rings is 1. The Labute approximate surface area is 113 Å². The Morgan fingerprint density at radius 1 is 1.56 bits per heavy atom. The highest BCUT2D eigenvalue weighted by atomic mass is 32.2. The van der Waals surface area contributed by atoms with Crippen LogP contribution in [0.1, 0.15) is 34.2 Å². The van der Waals surface area contributed by atoms with Crippen LogP contribution in [-0.4, -0.2) is 18.1 Å². The average molecular weight is 283 g/mol. The van der Waals surface area contributed by atoms with Crippen LogP contribution in [0.3, 0.4) is 0 Å². The summed E-state index contributed by atoms with van der Waals surface area (Å²) >= 11 is 3.22. The average Bonchev–Trinajstić information content (AvgIpc) is 2.97. The first-order valence-corrected chi connectivity index (χ1v) is 7.13. The number of rotatable bonds is 4. The van der Waals surface area contributed by atoms with Crippen LogP contribution in [0.5, 0.6) is 0 Å². The Kier molecular flexibility index (Phi) is 4.08. The molecule has 0 saturated heterocycles. The van der Waals surface area contributed by atoms with Crippen LogP contribution in [0.4, 0.5) is 0 Å². The maximum Gasteiger partial charge on any atom is 0.373 e. The van der Waals surface area contributed by atoms with Crippen molar-refractivity contribution in [2.45, 2.75) is 23.4 Å². The van der Waals surface area contributed by atoms with Gasteiger partial charge >= 0.3 is 5.97 Å². The highest BCUT2D eigenvalue weighted by Gasteiger charge is 2.17. The molecule has 0 aliphatic rings. The van der Waals surface area contributed by atoms with Crippen LogP contribution in [0.15, 0.2) is 26.3 Å². The quantitative estimate of drug-likeness (QED) is 0.633. The fourth-order valence-electron chi connectivity index (χ4n) is 1.38. The van der Waals surface area contributed by atoms with Gasteiger partial charge in [0.05, 0.1) is 12.4 Å². The molecule has 6 heteroatoms. The minimum Gasteiger partial charge on any atom is -0.463 e. The molecule has 2 rings (SSSR count). The lowest BCUT2D eigenvalue weighted by Crippen LogP contribution is -1.98. The Morgan fingerprint density at radius 3 is 2.94 bits per heavy atom.